The zero-order chi connectivity index (χ0) is 17.7. The smallest absolute Gasteiger partial charge is 0.285 e. The number of hydrogen-bond donors (Lipinski definition) is 0. The molecule has 0 N–H and O–H groups in total. The highest BCUT2D eigenvalue weighted by atomic mass is 32.2. The van der Waals surface area contributed by atoms with Crippen molar-refractivity contribution in [1.82, 2.24) is 15.1 Å². The van der Waals surface area contributed by atoms with Gasteiger partial charge in [0.25, 0.3) is 10.0 Å². The number of amidine groups is 1. The number of piperazine rings is 1. The lowest BCUT2D eigenvalue weighted by Crippen LogP contribution is -2.49. The number of hydrogen-bond acceptors (Lipinski definition) is 6. The first-order chi connectivity index (χ1) is 12.6. The monoisotopic (exact) mass is 369 g/mol. The van der Waals surface area contributed by atoms with E-state index in [4.69, 9.17) is 0 Å². The lowest BCUT2D eigenvalue weighted by atomic mass is 10.1. The molecule has 7 nitrogen and oxygen atoms in total. The Bertz CT molecular complexity index is 975. The van der Waals surface area contributed by atoms with Crippen molar-refractivity contribution in [2.45, 2.75) is 23.7 Å². The van der Waals surface area contributed by atoms with Crippen LogP contribution in [0.4, 0.5) is 5.82 Å². The molecule has 134 valence electrons. The lowest BCUT2D eigenvalue weighted by molar-refractivity contribution is 0.385. The number of rotatable bonds is 2. The van der Waals surface area contributed by atoms with Crippen LogP contribution in [0.1, 0.15) is 30.0 Å². The Morgan fingerprint density at radius 1 is 0.885 bits per heavy atom. The molecule has 2 aromatic rings. The zero-order valence-corrected chi connectivity index (χ0v) is 15.1. The van der Waals surface area contributed by atoms with Crippen LogP contribution >= 0.6 is 0 Å². The second-order valence-electron chi connectivity index (χ2n) is 6.95. The molecule has 1 saturated heterocycles. The van der Waals surface area contributed by atoms with Gasteiger partial charge in [-0.3, -0.25) is 0 Å². The molecular formula is C18H19N5O2S. The van der Waals surface area contributed by atoms with E-state index in [0.717, 1.165) is 24.6 Å². The third-order valence-electron chi connectivity index (χ3n) is 5.18. The summed E-state index contributed by atoms with van der Waals surface area (Å²) < 4.78 is 28.5. The van der Waals surface area contributed by atoms with Crippen LogP contribution in [0.25, 0.3) is 0 Å². The van der Waals surface area contributed by atoms with Gasteiger partial charge in [-0.2, -0.15) is 13.5 Å². The minimum absolute atomic E-state index is 0.305. The standard InChI is InChI=1S/C18H19N5O2S/c24-26(25)16-4-2-1-3-14(16)18(21-26)23-11-9-22(10-12-23)17-8-7-15(19-20-17)13-5-6-13/h1-4,7-8,13H,5-6,9-12H2. The molecule has 1 aromatic heterocycles. The van der Waals surface area contributed by atoms with Crippen molar-refractivity contribution in [3.05, 3.63) is 47.7 Å². The third kappa shape index (κ3) is 2.65. The Balaban J connectivity index is 1.32. The molecule has 8 heteroatoms. The molecule has 3 aliphatic rings. The van der Waals surface area contributed by atoms with Crippen LogP contribution in [0.3, 0.4) is 0 Å². The van der Waals surface area contributed by atoms with Crippen molar-refractivity contribution >= 4 is 21.7 Å². The molecule has 0 unspecified atom stereocenters. The first kappa shape index (κ1) is 15.7. The van der Waals surface area contributed by atoms with Crippen molar-refractivity contribution in [1.29, 1.82) is 0 Å². The molecule has 5 rings (SSSR count). The van der Waals surface area contributed by atoms with Gasteiger partial charge < -0.3 is 9.80 Å². The van der Waals surface area contributed by atoms with E-state index < -0.39 is 10.0 Å². The van der Waals surface area contributed by atoms with Crippen LogP contribution in [0.15, 0.2) is 45.7 Å². The first-order valence-electron chi connectivity index (χ1n) is 8.90. The maximum absolute atomic E-state index is 12.2. The summed E-state index contributed by atoms with van der Waals surface area (Å²) in [7, 11) is -3.57. The summed E-state index contributed by atoms with van der Waals surface area (Å²) in [6.07, 6.45) is 2.44. The SMILES string of the molecule is O=S1(=O)N=C(N2CCN(c3ccc(C4CC4)nn3)CC2)c2ccccc21. The van der Waals surface area contributed by atoms with E-state index >= 15 is 0 Å². The molecule has 0 bridgehead atoms. The number of nitrogens with zero attached hydrogens (tertiary/aromatic N) is 5. The van der Waals surface area contributed by atoms with Crippen LogP contribution in [0.5, 0.6) is 0 Å². The number of fused-ring (bicyclic) bond motifs is 1. The van der Waals surface area contributed by atoms with Crippen LogP contribution < -0.4 is 4.90 Å². The maximum atomic E-state index is 12.2. The van der Waals surface area contributed by atoms with Gasteiger partial charge in [-0.1, -0.05) is 12.1 Å². The van der Waals surface area contributed by atoms with E-state index in [1.165, 1.54) is 12.8 Å². The Morgan fingerprint density at radius 3 is 2.31 bits per heavy atom. The van der Waals surface area contributed by atoms with Gasteiger partial charge in [0.2, 0.25) is 0 Å². The molecule has 2 aliphatic heterocycles. The second kappa shape index (κ2) is 5.77. The summed E-state index contributed by atoms with van der Waals surface area (Å²) in [5.41, 5.74) is 1.80. The Kier molecular flexibility index (Phi) is 3.49. The average molecular weight is 369 g/mol. The van der Waals surface area contributed by atoms with Crippen molar-refractivity contribution in [3.63, 3.8) is 0 Å². The summed E-state index contributed by atoms with van der Waals surface area (Å²) in [4.78, 5) is 4.54. The molecule has 0 radical (unpaired) electrons. The summed E-state index contributed by atoms with van der Waals surface area (Å²) >= 11 is 0. The van der Waals surface area contributed by atoms with Crippen LogP contribution in [0, 0.1) is 0 Å². The van der Waals surface area contributed by atoms with E-state index in [2.05, 4.69) is 25.6 Å². The van der Waals surface area contributed by atoms with E-state index in [9.17, 15) is 8.42 Å². The lowest BCUT2D eigenvalue weighted by Gasteiger charge is -2.36. The molecule has 2 fully saturated rings. The molecule has 3 heterocycles. The van der Waals surface area contributed by atoms with Crippen molar-refractivity contribution in [3.8, 4) is 0 Å². The minimum atomic E-state index is -3.57. The third-order valence-corrected chi connectivity index (χ3v) is 6.51. The number of anilines is 1. The van der Waals surface area contributed by atoms with Gasteiger partial charge >= 0.3 is 0 Å². The average Bonchev–Trinajstić information content (AvgIpc) is 3.48. The van der Waals surface area contributed by atoms with Gasteiger partial charge in [-0.05, 0) is 37.1 Å². The molecule has 0 atom stereocenters. The van der Waals surface area contributed by atoms with Crippen molar-refractivity contribution in [2.24, 2.45) is 4.40 Å². The van der Waals surface area contributed by atoms with Gasteiger partial charge in [0.05, 0.1) is 5.69 Å². The van der Waals surface area contributed by atoms with Crippen LogP contribution in [-0.2, 0) is 10.0 Å². The Labute approximate surface area is 152 Å². The molecule has 1 saturated carbocycles. The summed E-state index contributed by atoms with van der Waals surface area (Å²) in [5, 5.41) is 8.73. The van der Waals surface area contributed by atoms with Crippen LogP contribution in [-0.4, -0.2) is 55.5 Å². The molecule has 0 spiro atoms. The molecule has 1 aromatic carbocycles. The predicted octanol–water partition coefficient (Wildman–Crippen LogP) is 1.63. The van der Waals surface area contributed by atoms with Gasteiger partial charge in [0, 0.05) is 37.7 Å². The fourth-order valence-corrected chi connectivity index (χ4v) is 4.79. The van der Waals surface area contributed by atoms with Crippen LogP contribution in [0.2, 0.25) is 0 Å². The first-order valence-corrected chi connectivity index (χ1v) is 10.3. The second-order valence-corrected chi connectivity index (χ2v) is 8.52. The van der Waals surface area contributed by atoms with E-state index in [1.54, 1.807) is 12.1 Å². The quantitative estimate of drug-likeness (QED) is 0.801. The number of sulfonamides is 1. The molecule has 26 heavy (non-hydrogen) atoms. The Hall–Kier alpha value is -2.48. The molecular weight excluding hydrogens is 350 g/mol. The van der Waals surface area contributed by atoms with Gasteiger partial charge in [0.15, 0.2) is 11.7 Å². The van der Waals surface area contributed by atoms with Gasteiger partial charge in [-0.25, -0.2) is 0 Å². The Morgan fingerprint density at radius 2 is 1.62 bits per heavy atom. The number of benzene rings is 1. The minimum Gasteiger partial charge on any atom is -0.352 e. The molecule has 1 aliphatic carbocycles. The largest absolute Gasteiger partial charge is 0.352 e. The highest BCUT2D eigenvalue weighted by molar-refractivity contribution is 7.90. The van der Waals surface area contributed by atoms with Gasteiger partial charge in [-0.15, -0.1) is 9.50 Å². The summed E-state index contributed by atoms with van der Waals surface area (Å²) in [6.45, 7) is 2.93. The normalized spacial score (nSPS) is 21.5. The van der Waals surface area contributed by atoms with Gasteiger partial charge in [0.1, 0.15) is 4.90 Å². The fraction of sp³-hybridized carbons (Fsp3) is 0.389. The fourth-order valence-electron chi connectivity index (χ4n) is 3.56. The number of aromatic nitrogens is 2. The summed E-state index contributed by atoms with van der Waals surface area (Å²) in [5.74, 6) is 2.06. The highest BCUT2D eigenvalue weighted by Crippen LogP contribution is 2.38. The van der Waals surface area contributed by atoms with E-state index in [1.807, 2.05) is 23.1 Å². The van der Waals surface area contributed by atoms with E-state index in [0.29, 0.717) is 35.3 Å². The zero-order valence-electron chi connectivity index (χ0n) is 14.2. The van der Waals surface area contributed by atoms with Crippen molar-refractivity contribution < 1.29 is 8.42 Å². The van der Waals surface area contributed by atoms with Crippen molar-refractivity contribution in [2.75, 3.05) is 31.1 Å². The topological polar surface area (TPSA) is 78.8 Å². The van der Waals surface area contributed by atoms with E-state index in [-0.39, 0.29) is 0 Å². The predicted molar refractivity (Wildman–Crippen MR) is 98.0 cm³/mol. The highest BCUT2D eigenvalue weighted by Gasteiger charge is 2.33. The summed E-state index contributed by atoms with van der Waals surface area (Å²) in [6, 6.07) is 11.2. The maximum Gasteiger partial charge on any atom is 0.285 e. The molecule has 0 amide bonds.